The molecule has 1 amide bonds. The Bertz CT molecular complexity index is 812. The van der Waals surface area contributed by atoms with E-state index in [9.17, 15) is 9.59 Å². The Morgan fingerprint density at radius 1 is 1.08 bits per heavy atom. The number of anilines is 1. The average molecular weight is 352 g/mol. The van der Waals surface area contributed by atoms with Gasteiger partial charge in [-0.3, -0.25) is 14.5 Å². The summed E-state index contributed by atoms with van der Waals surface area (Å²) in [5.41, 5.74) is 5.16. The molecule has 3 rings (SSSR count). The highest BCUT2D eigenvalue weighted by Gasteiger charge is 2.33. The third-order valence-electron chi connectivity index (χ3n) is 4.91. The number of methoxy groups -OCH3 is 1. The number of carbonyl (C=O) groups is 2. The fraction of sp³-hybridized carbons (Fsp3) is 0.333. The Morgan fingerprint density at radius 3 is 2.38 bits per heavy atom. The highest BCUT2D eigenvalue weighted by molar-refractivity contribution is 5.94. The van der Waals surface area contributed by atoms with E-state index >= 15 is 0 Å². The zero-order valence-electron chi connectivity index (χ0n) is 15.4. The van der Waals surface area contributed by atoms with Crippen LogP contribution in [0.4, 0.5) is 5.69 Å². The van der Waals surface area contributed by atoms with Crippen molar-refractivity contribution in [2.75, 3.05) is 19.0 Å². The molecule has 5 nitrogen and oxygen atoms in total. The number of benzene rings is 2. The Morgan fingerprint density at radius 2 is 1.73 bits per heavy atom. The van der Waals surface area contributed by atoms with Crippen molar-refractivity contribution in [3.63, 3.8) is 0 Å². The number of aryl methyl sites for hydroxylation is 2. The summed E-state index contributed by atoms with van der Waals surface area (Å²) in [6, 6.07) is 13.5. The van der Waals surface area contributed by atoms with Crippen LogP contribution >= 0.6 is 0 Å². The average Bonchev–Trinajstić information content (AvgIpc) is 2.63. The first-order chi connectivity index (χ1) is 12.5. The van der Waals surface area contributed by atoms with Gasteiger partial charge in [0.1, 0.15) is 6.04 Å². The number of rotatable bonds is 4. The topological polar surface area (TPSA) is 58.6 Å². The van der Waals surface area contributed by atoms with Crippen LogP contribution in [-0.2, 0) is 27.3 Å². The quantitative estimate of drug-likeness (QED) is 0.860. The molecular formula is C21H24N2O3. The van der Waals surface area contributed by atoms with Crippen molar-refractivity contribution in [1.82, 2.24) is 4.90 Å². The molecule has 0 spiro atoms. The van der Waals surface area contributed by atoms with Crippen molar-refractivity contribution in [3.05, 3.63) is 64.7 Å². The molecule has 136 valence electrons. The summed E-state index contributed by atoms with van der Waals surface area (Å²) in [4.78, 5) is 26.8. The Labute approximate surface area is 154 Å². The van der Waals surface area contributed by atoms with Crippen LogP contribution in [0.5, 0.6) is 0 Å². The number of hydrogen-bond donors (Lipinski definition) is 1. The standard InChI is InChI=1S/C21H24N2O3/c1-14-7-6-8-15(2)20(14)22-19(24)13-23-12-17-10-5-4-9-16(17)11-18(23)21(25)26-3/h4-10,18H,11-13H2,1-3H3,(H,22,24)/t18-/m1/s1. The summed E-state index contributed by atoms with van der Waals surface area (Å²) in [6.45, 7) is 4.63. The molecule has 1 N–H and O–H groups in total. The van der Waals surface area contributed by atoms with Crippen LogP contribution in [-0.4, -0.2) is 36.5 Å². The van der Waals surface area contributed by atoms with E-state index in [0.717, 1.165) is 27.9 Å². The number of amides is 1. The molecule has 2 aromatic carbocycles. The largest absolute Gasteiger partial charge is 0.468 e. The van der Waals surface area contributed by atoms with Crippen molar-refractivity contribution in [2.24, 2.45) is 0 Å². The van der Waals surface area contributed by atoms with Crippen LogP contribution < -0.4 is 5.32 Å². The second kappa shape index (κ2) is 7.70. The summed E-state index contributed by atoms with van der Waals surface area (Å²) in [6.07, 6.45) is 0.555. The van der Waals surface area contributed by atoms with Gasteiger partial charge in [0, 0.05) is 12.2 Å². The van der Waals surface area contributed by atoms with E-state index in [4.69, 9.17) is 4.74 Å². The van der Waals surface area contributed by atoms with Crippen molar-refractivity contribution in [2.45, 2.75) is 32.9 Å². The van der Waals surface area contributed by atoms with Crippen molar-refractivity contribution in [3.8, 4) is 0 Å². The lowest BCUT2D eigenvalue weighted by molar-refractivity contribution is -0.148. The zero-order chi connectivity index (χ0) is 18.7. The van der Waals surface area contributed by atoms with Gasteiger partial charge in [-0.15, -0.1) is 0 Å². The first-order valence-corrected chi connectivity index (χ1v) is 8.74. The number of ether oxygens (including phenoxy) is 1. The van der Waals surface area contributed by atoms with E-state index in [-0.39, 0.29) is 18.4 Å². The molecule has 0 aromatic heterocycles. The van der Waals surface area contributed by atoms with Gasteiger partial charge in [-0.25, -0.2) is 0 Å². The SMILES string of the molecule is COC(=O)[C@H]1Cc2ccccc2CN1CC(=O)Nc1c(C)cccc1C. The summed E-state index contributed by atoms with van der Waals surface area (Å²) in [7, 11) is 1.39. The molecule has 2 aromatic rings. The smallest absolute Gasteiger partial charge is 0.323 e. The van der Waals surface area contributed by atoms with E-state index in [0.29, 0.717) is 13.0 Å². The fourth-order valence-corrected chi connectivity index (χ4v) is 3.49. The van der Waals surface area contributed by atoms with Crippen LogP contribution in [0, 0.1) is 13.8 Å². The number of nitrogens with one attached hydrogen (secondary N) is 1. The van der Waals surface area contributed by atoms with E-state index < -0.39 is 6.04 Å². The molecule has 1 aliphatic rings. The predicted octanol–water partition coefficient (Wildman–Crippen LogP) is 2.84. The lowest BCUT2D eigenvalue weighted by Crippen LogP contribution is -2.49. The van der Waals surface area contributed by atoms with Gasteiger partial charge in [0.05, 0.1) is 13.7 Å². The number of hydrogen-bond acceptors (Lipinski definition) is 4. The lowest BCUT2D eigenvalue weighted by atomic mass is 9.94. The Hall–Kier alpha value is -2.66. The molecule has 1 atom stereocenters. The second-order valence-corrected chi connectivity index (χ2v) is 6.73. The van der Waals surface area contributed by atoms with Gasteiger partial charge in [-0.2, -0.15) is 0 Å². The molecule has 1 aliphatic heterocycles. The molecule has 0 fully saturated rings. The summed E-state index contributed by atoms with van der Waals surface area (Å²) in [5, 5.41) is 2.99. The van der Waals surface area contributed by atoms with Crippen molar-refractivity contribution < 1.29 is 14.3 Å². The van der Waals surface area contributed by atoms with Crippen LogP contribution in [0.1, 0.15) is 22.3 Å². The maximum Gasteiger partial charge on any atom is 0.323 e. The van der Waals surface area contributed by atoms with E-state index in [1.165, 1.54) is 7.11 Å². The van der Waals surface area contributed by atoms with E-state index in [2.05, 4.69) is 5.32 Å². The number of fused-ring (bicyclic) bond motifs is 1. The minimum atomic E-state index is -0.446. The molecule has 5 heteroatoms. The molecule has 1 heterocycles. The molecule has 26 heavy (non-hydrogen) atoms. The first kappa shape index (κ1) is 18.1. The highest BCUT2D eigenvalue weighted by atomic mass is 16.5. The predicted molar refractivity (Wildman–Crippen MR) is 101 cm³/mol. The maximum absolute atomic E-state index is 12.6. The number of esters is 1. The van der Waals surface area contributed by atoms with E-state index in [1.54, 1.807) is 0 Å². The molecule has 0 unspecified atom stereocenters. The third-order valence-corrected chi connectivity index (χ3v) is 4.91. The normalized spacial score (nSPS) is 16.7. The van der Waals surface area contributed by atoms with Crippen LogP contribution in [0.2, 0.25) is 0 Å². The van der Waals surface area contributed by atoms with Gasteiger partial charge >= 0.3 is 5.97 Å². The number of para-hydroxylation sites is 1. The van der Waals surface area contributed by atoms with Gasteiger partial charge in [-0.1, -0.05) is 42.5 Å². The van der Waals surface area contributed by atoms with E-state index in [1.807, 2.05) is 61.2 Å². The lowest BCUT2D eigenvalue weighted by Gasteiger charge is -2.34. The van der Waals surface area contributed by atoms with Crippen LogP contribution in [0.3, 0.4) is 0 Å². The minimum Gasteiger partial charge on any atom is -0.468 e. The third kappa shape index (κ3) is 3.78. The fourth-order valence-electron chi connectivity index (χ4n) is 3.49. The summed E-state index contributed by atoms with van der Waals surface area (Å²) >= 11 is 0. The van der Waals surface area contributed by atoms with Gasteiger partial charge < -0.3 is 10.1 Å². The van der Waals surface area contributed by atoms with Gasteiger partial charge in [0.15, 0.2) is 0 Å². The van der Waals surface area contributed by atoms with Crippen molar-refractivity contribution in [1.29, 1.82) is 0 Å². The highest BCUT2D eigenvalue weighted by Crippen LogP contribution is 2.24. The summed E-state index contributed by atoms with van der Waals surface area (Å²) in [5.74, 6) is -0.435. The molecule has 0 aliphatic carbocycles. The molecule has 0 radical (unpaired) electrons. The van der Waals surface area contributed by atoms with Gasteiger partial charge in [0.25, 0.3) is 0 Å². The second-order valence-electron chi connectivity index (χ2n) is 6.73. The van der Waals surface area contributed by atoms with Gasteiger partial charge in [-0.05, 0) is 42.5 Å². The van der Waals surface area contributed by atoms with Crippen LogP contribution in [0.25, 0.3) is 0 Å². The number of carbonyl (C=O) groups excluding carboxylic acids is 2. The van der Waals surface area contributed by atoms with Gasteiger partial charge in [0.2, 0.25) is 5.91 Å². The maximum atomic E-state index is 12.6. The Kier molecular flexibility index (Phi) is 5.38. The first-order valence-electron chi connectivity index (χ1n) is 8.74. The summed E-state index contributed by atoms with van der Waals surface area (Å²) < 4.78 is 4.96. The molecule has 0 saturated heterocycles. The minimum absolute atomic E-state index is 0.129. The molecular weight excluding hydrogens is 328 g/mol. The number of nitrogens with zero attached hydrogens (tertiary/aromatic N) is 1. The van der Waals surface area contributed by atoms with Crippen LogP contribution in [0.15, 0.2) is 42.5 Å². The molecule has 0 bridgehead atoms. The monoisotopic (exact) mass is 352 g/mol. The Balaban J connectivity index is 1.78. The zero-order valence-corrected chi connectivity index (χ0v) is 15.4. The molecule has 0 saturated carbocycles. The van der Waals surface area contributed by atoms with Crippen molar-refractivity contribution >= 4 is 17.6 Å².